The monoisotopic (exact) mass is 334 g/mol. The molecule has 0 fully saturated rings. The second kappa shape index (κ2) is 7.03. The molecule has 0 heterocycles. The van der Waals surface area contributed by atoms with Gasteiger partial charge < -0.3 is 0 Å². The lowest BCUT2D eigenvalue weighted by Gasteiger charge is -2.16. The van der Waals surface area contributed by atoms with Gasteiger partial charge in [-0.3, -0.25) is 0 Å². The maximum absolute atomic E-state index is 13.8. The predicted octanol–water partition coefficient (Wildman–Crippen LogP) is 5.63. The molecule has 1 atom stereocenters. The van der Waals surface area contributed by atoms with Gasteiger partial charge in [-0.1, -0.05) is 66.2 Å². The van der Waals surface area contributed by atoms with Crippen LogP contribution in [-0.2, 0) is 19.3 Å². The Labute approximate surface area is 129 Å². The second-order valence-corrected chi connectivity index (χ2v) is 6.11. The van der Waals surface area contributed by atoms with Crippen molar-refractivity contribution in [1.82, 2.24) is 0 Å². The van der Waals surface area contributed by atoms with Gasteiger partial charge in [0.1, 0.15) is 5.82 Å². The summed E-state index contributed by atoms with van der Waals surface area (Å²) in [6.45, 7) is 4.32. The summed E-state index contributed by atoms with van der Waals surface area (Å²) >= 11 is 3.75. The van der Waals surface area contributed by atoms with Crippen molar-refractivity contribution in [2.24, 2.45) is 0 Å². The lowest BCUT2D eigenvalue weighted by Crippen LogP contribution is -2.02. The number of benzene rings is 2. The minimum atomic E-state index is -0.123. The number of rotatable bonds is 5. The molecule has 0 aliphatic heterocycles. The van der Waals surface area contributed by atoms with Gasteiger partial charge in [0.05, 0.1) is 0 Å². The number of hydrogen-bond acceptors (Lipinski definition) is 0. The fraction of sp³-hybridized carbons (Fsp3) is 0.333. The van der Waals surface area contributed by atoms with E-state index in [4.69, 9.17) is 0 Å². The molecule has 0 amide bonds. The van der Waals surface area contributed by atoms with Crippen LogP contribution >= 0.6 is 15.9 Å². The standard InChI is InChI=1S/C18H20BrF/c1-3-13-9-10-14(4-2)16(11-13)17(19)12-15-7-5-6-8-18(15)20/h5-11,17H,3-4,12H2,1-2H3. The number of hydrogen-bond donors (Lipinski definition) is 0. The average molecular weight is 335 g/mol. The molecule has 0 aliphatic rings. The fourth-order valence-corrected chi connectivity index (χ4v) is 3.22. The van der Waals surface area contributed by atoms with E-state index in [2.05, 4.69) is 48.0 Å². The smallest absolute Gasteiger partial charge is 0.126 e. The molecule has 2 aromatic carbocycles. The van der Waals surface area contributed by atoms with Gasteiger partial charge >= 0.3 is 0 Å². The van der Waals surface area contributed by atoms with E-state index < -0.39 is 0 Å². The molecule has 0 nitrogen and oxygen atoms in total. The highest BCUT2D eigenvalue weighted by molar-refractivity contribution is 9.09. The minimum absolute atomic E-state index is 0.123. The van der Waals surface area contributed by atoms with Crippen molar-refractivity contribution >= 4 is 15.9 Å². The van der Waals surface area contributed by atoms with Crippen LogP contribution in [0.15, 0.2) is 42.5 Å². The topological polar surface area (TPSA) is 0 Å². The second-order valence-electron chi connectivity index (χ2n) is 5.00. The van der Waals surface area contributed by atoms with Gasteiger partial charge in [-0.15, -0.1) is 0 Å². The van der Waals surface area contributed by atoms with E-state index in [1.165, 1.54) is 22.8 Å². The van der Waals surface area contributed by atoms with Crippen LogP contribution in [0.3, 0.4) is 0 Å². The molecule has 0 saturated carbocycles. The molecular weight excluding hydrogens is 315 g/mol. The van der Waals surface area contributed by atoms with Crippen LogP contribution < -0.4 is 0 Å². The molecule has 2 rings (SSSR count). The number of alkyl halides is 1. The summed E-state index contributed by atoms with van der Waals surface area (Å²) in [4.78, 5) is 0.154. The summed E-state index contributed by atoms with van der Waals surface area (Å²) in [6.07, 6.45) is 2.70. The zero-order valence-electron chi connectivity index (χ0n) is 12.0. The fourth-order valence-electron chi connectivity index (χ4n) is 2.44. The molecule has 0 saturated heterocycles. The Balaban J connectivity index is 2.28. The molecule has 0 N–H and O–H groups in total. The Morgan fingerprint density at radius 1 is 1.00 bits per heavy atom. The summed E-state index contributed by atoms with van der Waals surface area (Å²) < 4.78 is 13.8. The van der Waals surface area contributed by atoms with E-state index in [1.807, 2.05) is 12.1 Å². The van der Waals surface area contributed by atoms with Crippen LogP contribution in [0.5, 0.6) is 0 Å². The predicted molar refractivity (Wildman–Crippen MR) is 87.0 cm³/mol. The highest BCUT2D eigenvalue weighted by atomic mass is 79.9. The van der Waals surface area contributed by atoms with Gasteiger partial charge in [-0.2, -0.15) is 0 Å². The first kappa shape index (κ1) is 15.2. The van der Waals surface area contributed by atoms with Crippen molar-refractivity contribution in [3.05, 3.63) is 70.5 Å². The zero-order chi connectivity index (χ0) is 14.5. The molecule has 2 heteroatoms. The summed E-state index contributed by atoms with van der Waals surface area (Å²) in [5.41, 5.74) is 4.71. The van der Waals surface area contributed by atoms with Gasteiger partial charge in [0, 0.05) is 4.83 Å². The first-order chi connectivity index (χ1) is 9.65. The molecule has 0 aromatic heterocycles. The summed E-state index contributed by atoms with van der Waals surface area (Å²) in [7, 11) is 0. The van der Waals surface area contributed by atoms with Crippen LogP contribution in [0, 0.1) is 5.82 Å². The van der Waals surface area contributed by atoms with Crippen LogP contribution in [-0.4, -0.2) is 0 Å². The third-order valence-electron chi connectivity index (χ3n) is 3.69. The first-order valence-corrected chi connectivity index (χ1v) is 8.06. The van der Waals surface area contributed by atoms with Gasteiger partial charge in [0.15, 0.2) is 0 Å². The SMILES string of the molecule is CCc1ccc(CC)c(C(Br)Cc2ccccc2F)c1. The van der Waals surface area contributed by atoms with Crippen LogP contribution in [0.4, 0.5) is 4.39 Å². The van der Waals surface area contributed by atoms with Crippen molar-refractivity contribution in [2.45, 2.75) is 37.9 Å². The molecule has 106 valence electrons. The van der Waals surface area contributed by atoms with Crippen LogP contribution in [0.25, 0.3) is 0 Å². The molecule has 0 aliphatic carbocycles. The molecule has 1 unspecified atom stereocenters. The molecular formula is C18H20BrF. The van der Waals surface area contributed by atoms with E-state index in [0.29, 0.717) is 6.42 Å². The van der Waals surface area contributed by atoms with E-state index in [-0.39, 0.29) is 10.6 Å². The molecule has 0 spiro atoms. The maximum Gasteiger partial charge on any atom is 0.126 e. The third kappa shape index (κ3) is 3.49. The summed E-state index contributed by atoms with van der Waals surface area (Å²) in [6, 6.07) is 13.6. The van der Waals surface area contributed by atoms with Gasteiger partial charge in [-0.05, 0) is 47.6 Å². The summed E-state index contributed by atoms with van der Waals surface area (Å²) in [5, 5.41) is 0. The van der Waals surface area contributed by atoms with Crippen molar-refractivity contribution in [3.63, 3.8) is 0 Å². The minimum Gasteiger partial charge on any atom is -0.207 e. The average Bonchev–Trinajstić information content (AvgIpc) is 2.48. The Bertz CT molecular complexity index is 577. The van der Waals surface area contributed by atoms with Crippen LogP contribution in [0.2, 0.25) is 0 Å². The Morgan fingerprint density at radius 3 is 2.40 bits per heavy atom. The molecule has 0 radical (unpaired) electrons. The lowest BCUT2D eigenvalue weighted by atomic mass is 9.95. The quantitative estimate of drug-likeness (QED) is 0.621. The zero-order valence-corrected chi connectivity index (χ0v) is 13.6. The van der Waals surface area contributed by atoms with Gasteiger partial charge in [0.25, 0.3) is 0 Å². The van der Waals surface area contributed by atoms with E-state index in [9.17, 15) is 4.39 Å². The maximum atomic E-state index is 13.8. The normalized spacial score (nSPS) is 12.4. The van der Waals surface area contributed by atoms with Crippen molar-refractivity contribution < 1.29 is 4.39 Å². The number of aryl methyl sites for hydroxylation is 2. The number of halogens is 2. The first-order valence-electron chi connectivity index (χ1n) is 7.14. The van der Waals surface area contributed by atoms with E-state index in [1.54, 1.807) is 6.07 Å². The molecule has 0 bridgehead atoms. The van der Waals surface area contributed by atoms with Gasteiger partial charge in [0.2, 0.25) is 0 Å². The molecule has 2 aromatic rings. The van der Waals surface area contributed by atoms with E-state index in [0.717, 1.165) is 18.4 Å². The summed E-state index contributed by atoms with van der Waals surface area (Å²) in [5.74, 6) is -0.123. The third-order valence-corrected chi connectivity index (χ3v) is 4.51. The van der Waals surface area contributed by atoms with Crippen molar-refractivity contribution in [1.29, 1.82) is 0 Å². The van der Waals surface area contributed by atoms with Gasteiger partial charge in [-0.25, -0.2) is 4.39 Å². The Hall–Kier alpha value is -1.15. The molecule has 20 heavy (non-hydrogen) atoms. The highest BCUT2D eigenvalue weighted by Gasteiger charge is 2.14. The van der Waals surface area contributed by atoms with Crippen molar-refractivity contribution in [3.8, 4) is 0 Å². The Kier molecular flexibility index (Phi) is 5.36. The largest absolute Gasteiger partial charge is 0.207 e. The van der Waals surface area contributed by atoms with Crippen LogP contribution in [0.1, 0.15) is 40.9 Å². The van der Waals surface area contributed by atoms with Crippen molar-refractivity contribution in [2.75, 3.05) is 0 Å². The lowest BCUT2D eigenvalue weighted by molar-refractivity contribution is 0.608. The highest BCUT2D eigenvalue weighted by Crippen LogP contribution is 2.31. The Morgan fingerprint density at radius 2 is 1.75 bits per heavy atom. The van der Waals surface area contributed by atoms with E-state index >= 15 is 0 Å².